The summed E-state index contributed by atoms with van der Waals surface area (Å²) in [4.78, 5) is 21.5. The highest BCUT2D eigenvalue weighted by atomic mass is 32.1. The summed E-state index contributed by atoms with van der Waals surface area (Å²) in [5, 5.41) is 0.342. The lowest BCUT2D eigenvalue weighted by molar-refractivity contribution is -0.129. The van der Waals surface area contributed by atoms with Crippen molar-refractivity contribution in [1.29, 1.82) is 0 Å². The van der Waals surface area contributed by atoms with E-state index in [4.69, 9.17) is 17.0 Å². The topological polar surface area (TPSA) is 45.1 Å². The number of allylic oxidation sites excluding steroid dienone is 2. The Kier molecular flexibility index (Phi) is 4.70. The SMILES string of the molecule is Cc1ccc(CN2C(=O)C3C=C(N4CCOCC4)C=CC3=NC2=S)cc1. The van der Waals surface area contributed by atoms with Crippen LogP contribution in [0.15, 0.2) is 53.2 Å². The van der Waals surface area contributed by atoms with E-state index in [0.29, 0.717) is 24.9 Å². The normalized spacial score (nSPS) is 22.9. The molecule has 1 fully saturated rings. The Morgan fingerprint density at radius 1 is 1.19 bits per heavy atom. The second-order valence-corrected chi connectivity index (χ2v) is 7.10. The van der Waals surface area contributed by atoms with E-state index < -0.39 is 0 Å². The summed E-state index contributed by atoms with van der Waals surface area (Å²) >= 11 is 5.39. The minimum atomic E-state index is -0.366. The number of rotatable bonds is 3. The van der Waals surface area contributed by atoms with Crippen LogP contribution < -0.4 is 0 Å². The molecule has 0 aromatic heterocycles. The lowest BCUT2D eigenvalue weighted by atomic mass is 9.93. The molecule has 26 heavy (non-hydrogen) atoms. The molecule has 1 aromatic carbocycles. The van der Waals surface area contributed by atoms with Crippen molar-refractivity contribution < 1.29 is 9.53 Å². The first-order chi connectivity index (χ1) is 12.6. The van der Waals surface area contributed by atoms with Crippen LogP contribution in [-0.2, 0) is 16.1 Å². The molecule has 1 amide bonds. The van der Waals surface area contributed by atoms with Gasteiger partial charge < -0.3 is 9.64 Å². The van der Waals surface area contributed by atoms with Gasteiger partial charge in [-0.05, 0) is 42.9 Å². The van der Waals surface area contributed by atoms with Gasteiger partial charge in [-0.1, -0.05) is 29.8 Å². The summed E-state index contributed by atoms with van der Waals surface area (Å²) in [5.74, 6) is -0.370. The van der Waals surface area contributed by atoms with Crippen molar-refractivity contribution in [2.45, 2.75) is 13.5 Å². The Bertz CT molecular complexity index is 820. The number of carbonyl (C=O) groups excluding carboxylic acids is 1. The third kappa shape index (κ3) is 3.34. The number of carbonyl (C=O) groups is 1. The molecule has 0 radical (unpaired) electrons. The summed E-state index contributed by atoms with van der Waals surface area (Å²) < 4.78 is 5.42. The van der Waals surface area contributed by atoms with Crippen LogP contribution in [0.1, 0.15) is 11.1 Å². The lowest BCUT2D eigenvalue weighted by Gasteiger charge is -2.35. The number of ether oxygens (including phenoxy) is 1. The third-order valence-electron chi connectivity index (χ3n) is 4.91. The maximum atomic E-state index is 13.1. The van der Waals surface area contributed by atoms with Gasteiger partial charge in [-0.15, -0.1) is 0 Å². The number of thiocarbonyl (C=S) groups is 1. The first-order valence-electron chi connectivity index (χ1n) is 8.84. The highest BCUT2D eigenvalue weighted by Gasteiger charge is 2.35. The summed E-state index contributed by atoms with van der Waals surface area (Å²) in [6, 6.07) is 8.14. The molecular formula is C20H21N3O2S. The number of aliphatic imine (C=N–C) groups is 1. The fourth-order valence-electron chi connectivity index (χ4n) is 3.38. The van der Waals surface area contributed by atoms with Crippen molar-refractivity contribution in [3.8, 4) is 0 Å². The first kappa shape index (κ1) is 17.1. The van der Waals surface area contributed by atoms with E-state index in [2.05, 4.69) is 9.89 Å². The van der Waals surface area contributed by atoms with Crippen molar-refractivity contribution in [3.05, 3.63) is 59.3 Å². The number of morpholine rings is 1. The quantitative estimate of drug-likeness (QED) is 0.770. The molecule has 1 aromatic rings. The fraction of sp³-hybridized carbons (Fsp3) is 0.350. The van der Waals surface area contributed by atoms with E-state index >= 15 is 0 Å². The van der Waals surface area contributed by atoms with Crippen molar-refractivity contribution >= 4 is 28.9 Å². The molecule has 0 saturated carbocycles. The summed E-state index contributed by atoms with van der Waals surface area (Å²) in [6.07, 6.45) is 5.95. The molecule has 0 spiro atoms. The summed E-state index contributed by atoms with van der Waals surface area (Å²) in [7, 11) is 0. The van der Waals surface area contributed by atoms with Crippen LogP contribution in [0.25, 0.3) is 0 Å². The molecule has 2 aliphatic heterocycles. The molecule has 134 valence electrons. The van der Waals surface area contributed by atoms with Crippen LogP contribution in [0.4, 0.5) is 0 Å². The zero-order chi connectivity index (χ0) is 18.1. The highest BCUT2D eigenvalue weighted by molar-refractivity contribution is 7.80. The van der Waals surface area contributed by atoms with Gasteiger partial charge in [0.25, 0.3) is 0 Å². The van der Waals surface area contributed by atoms with Gasteiger partial charge in [0.05, 0.1) is 25.5 Å². The third-order valence-corrected chi connectivity index (χ3v) is 5.22. The monoisotopic (exact) mass is 367 g/mol. The van der Waals surface area contributed by atoms with Crippen LogP contribution in [-0.4, -0.2) is 52.8 Å². The van der Waals surface area contributed by atoms with Gasteiger partial charge in [0.15, 0.2) is 0 Å². The van der Waals surface area contributed by atoms with Gasteiger partial charge in [-0.25, -0.2) is 4.99 Å². The van der Waals surface area contributed by atoms with Gasteiger partial charge in [-0.2, -0.15) is 0 Å². The lowest BCUT2D eigenvalue weighted by Crippen LogP contribution is -2.46. The molecule has 5 nitrogen and oxygen atoms in total. The molecule has 4 rings (SSSR count). The second kappa shape index (κ2) is 7.13. The van der Waals surface area contributed by atoms with Crippen LogP contribution in [0.3, 0.4) is 0 Å². The standard InChI is InChI=1S/C20H21N3O2S/c1-14-2-4-15(5-3-14)13-23-19(24)17-12-16(22-8-10-25-11-9-22)6-7-18(17)21-20(23)26/h2-7,12,17H,8-11,13H2,1H3. The van der Waals surface area contributed by atoms with Gasteiger partial charge in [-0.3, -0.25) is 9.69 Å². The summed E-state index contributed by atoms with van der Waals surface area (Å²) in [6.45, 7) is 5.62. The number of nitrogens with zero attached hydrogens (tertiary/aromatic N) is 3. The van der Waals surface area contributed by atoms with Crippen LogP contribution >= 0.6 is 12.2 Å². The van der Waals surface area contributed by atoms with E-state index in [1.165, 1.54) is 5.56 Å². The van der Waals surface area contributed by atoms with E-state index in [1.807, 2.05) is 49.4 Å². The molecule has 6 heteroatoms. The Labute approximate surface area is 158 Å². The zero-order valence-corrected chi connectivity index (χ0v) is 15.5. The number of fused-ring (bicyclic) bond motifs is 1. The van der Waals surface area contributed by atoms with E-state index in [0.717, 1.165) is 30.1 Å². The molecule has 2 heterocycles. The van der Waals surface area contributed by atoms with Crippen molar-refractivity contribution in [2.75, 3.05) is 26.3 Å². The fourth-order valence-corrected chi connectivity index (χ4v) is 3.64. The summed E-state index contributed by atoms with van der Waals surface area (Å²) in [5.41, 5.74) is 4.04. The van der Waals surface area contributed by atoms with E-state index in [1.54, 1.807) is 4.90 Å². The van der Waals surface area contributed by atoms with Crippen LogP contribution in [0.2, 0.25) is 0 Å². The number of hydrogen-bond donors (Lipinski definition) is 0. The number of benzene rings is 1. The van der Waals surface area contributed by atoms with E-state index in [9.17, 15) is 4.79 Å². The predicted octanol–water partition coefficient (Wildman–Crippen LogP) is 2.47. The maximum Gasteiger partial charge on any atom is 0.242 e. The molecule has 0 N–H and O–H groups in total. The molecule has 1 aliphatic carbocycles. The van der Waals surface area contributed by atoms with Gasteiger partial charge in [0.2, 0.25) is 11.0 Å². The van der Waals surface area contributed by atoms with Crippen LogP contribution in [0.5, 0.6) is 0 Å². The van der Waals surface area contributed by atoms with Crippen molar-refractivity contribution in [1.82, 2.24) is 9.80 Å². The Hall–Kier alpha value is -2.31. The molecule has 1 saturated heterocycles. The Morgan fingerprint density at radius 2 is 1.92 bits per heavy atom. The molecule has 1 atom stereocenters. The van der Waals surface area contributed by atoms with Gasteiger partial charge in [0, 0.05) is 18.8 Å². The smallest absolute Gasteiger partial charge is 0.242 e. The molecular weight excluding hydrogens is 346 g/mol. The predicted molar refractivity (Wildman–Crippen MR) is 105 cm³/mol. The number of amides is 1. The second-order valence-electron chi connectivity index (χ2n) is 6.73. The van der Waals surface area contributed by atoms with E-state index in [-0.39, 0.29) is 11.8 Å². The highest BCUT2D eigenvalue weighted by Crippen LogP contribution is 2.26. The Morgan fingerprint density at radius 3 is 2.65 bits per heavy atom. The molecule has 1 unspecified atom stereocenters. The first-order valence-corrected chi connectivity index (χ1v) is 9.25. The number of hydrogen-bond acceptors (Lipinski definition) is 4. The van der Waals surface area contributed by atoms with Crippen LogP contribution in [0, 0.1) is 12.8 Å². The average Bonchev–Trinajstić information content (AvgIpc) is 2.67. The minimum Gasteiger partial charge on any atom is -0.378 e. The molecule has 3 aliphatic rings. The number of aryl methyl sites for hydroxylation is 1. The van der Waals surface area contributed by atoms with Gasteiger partial charge in [0.1, 0.15) is 5.92 Å². The van der Waals surface area contributed by atoms with Crippen molar-refractivity contribution in [2.24, 2.45) is 10.9 Å². The minimum absolute atomic E-state index is 0.00400. The average molecular weight is 367 g/mol. The Balaban J connectivity index is 1.57. The zero-order valence-electron chi connectivity index (χ0n) is 14.7. The largest absolute Gasteiger partial charge is 0.378 e. The molecule has 0 bridgehead atoms. The maximum absolute atomic E-state index is 13.1. The van der Waals surface area contributed by atoms with Crippen molar-refractivity contribution in [3.63, 3.8) is 0 Å². The van der Waals surface area contributed by atoms with Gasteiger partial charge >= 0.3 is 0 Å².